The van der Waals surface area contributed by atoms with Crippen LogP contribution in [0.15, 0.2) is 48.9 Å². The fourth-order valence-corrected chi connectivity index (χ4v) is 3.88. The third-order valence-electron chi connectivity index (χ3n) is 5.55. The van der Waals surface area contributed by atoms with Gasteiger partial charge in [0.2, 0.25) is 5.95 Å². The maximum atomic E-state index is 14.0. The van der Waals surface area contributed by atoms with Gasteiger partial charge in [-0.1, -0.05) is 6.07 Å². The van der Waals surface area contributed by atoms with Crippen LogP contribution in [0.2, 0.25) is 0 Å². The van der Waals surface area contributed by atoms with Crippen LogP contribution in [0.3, 0.4) is 0 Å². The third-order valence-corrected chi connectivity index (χ3v) is 5.55. The van der Waals surface area contributed by atoms with Gasteiger partial charge >= 0.3 is 0 Å². The monoisotopic (exact) mass is 425 g/mol. The minimum Gasteiger partial charge on any atom is -0.507 e. The van der Waals surface area contributed by atoms with Crippen molar-refractivity contribution < 1.29 is 18.7 Å². The van der Waals surface area contributed by atoms with E-state index in [1.165, 1.54) is 30.5 Å². The number of pyridine rings is 1. The van der Waals surface area contributed by atoms with Crippen LogP contribution in [0, 0.1) is 11.2 Å². The molecule has 1 aliphatic carbocycles. The average Bonchev–Trinajstić information content (AvgIpc) is 2.73. The van der Waals surface area contributed by atoms with E-state index in [0.29, 0.717) is 48.6 Å². The topological polar surface area (TPSA) is 114 Å². The lowest BCUT2D eigenvalue weighted by atomic mass is 9.64. The Labute approximate surface area is 177 Å². The molecule has 1 fully saturated rings. The summed E-state index contributed by atoms with van der Waals surface area (Å²) in [7, 11) is 0. The fraction of sp³-hybridized carbons (Fsp3) is 0.273. The molecule has 0 unspecified atom stereocenters. The Kier molecular flexibility index (Phi) is 5.50. The Morgan fingerprint density at radius 1 is 1.19 bits per heavy atom. The molecule has 4 rings (SSSR count). The second-order valence-electron chi connectivity index (χ2n) is 7.86. The molecule has 0 atom stereocenters. The molecule has 0 spiro atoms. The van der Waals surface area contributed by atoms with Crippen molar-refractivity contribution >= 4 is 11.9 Å². The van der Waals surface area contributed by atoms with Crippen molar-refractivity contribution in [2.75, 3.05) is 11.9 Å². The van der Waals surface area contributed by atoms with Crippen LogP contribution in [0.25, 0.3) is 11.1 Å². The molecule has 1 saturated carbocycles. The van der Waals surface area contributed by atoms with Gasteiger partial charge in [0.15, 0.2) is 0 Å². The fourth-order valence-electron chi connectivity index (χ4n) is 3.88. The van der Waals surface area contributed by atoms with Gasteiger partial charge < -0.3 is 16.2 Å². The van der Waals surface area contributed by atoms with E-state index in [1.807, 2.05) is 0 Å². The number of primary amides is 1. The molecule has 2 heterocycles. The van der Waals surface area contributed by atoms with Gasteiger partial charge in [-0.15, -0.1) is 0 Å². The predicted octanol–water partition coefficient (Wildman–Crippen LogP) is 3.26. The molecule has 0 aliphatic heterocycles. The summed E-state index contributed by atoms with van der Waals surface area (Å²) in [6.07, 6.45) is 4.71. The molecule has 0 saturated heterocycles. The van der Waals surface area contributed by atoms with Crippen LogP contribution in [0.1, 0.15) is 28.9 Å². The number of rotatable bonds is 7. The number of nitrogens with one attached hydrogen (secondary N) is 1. The Morgan fingerprint density at radius 3 is 2.58 bits per heavy atom. The number of phenols is 1. The zero-order chi connectivity index (χ0) is 22.0. The molecular formula is C22H21F2N5O2. The lowest BCUT2D eigenvalue weighted by molar-refractivity contribution is 0.0354. The second-order valence-corrected chi connectivity index (χ2v) is 7.86. The number of carbonyl (C=O) groups is 1. The third kappa shape index (κ3) is 4.45. The molecule has 160 valence electrons. The summed E-state index contributed by atoms with van der Waals surface area (Å²) >= 11 is 0. The first-order valence-electron chi connectivity index (χ1n) is 9.78. The second kappa shape index (κ2) is 8.25. The van der Waals surface area contributed by atoms with Crippen molar-refractivity contribution in [1.82, 2.24) is 15.0 Å². The van der Waals surface area contributed by atoms with E-state index < -0.39 is 23.3 Å². The van der Waals surface area contributed by atoms with Gasteiger partial charge in [0, 0.05) is 37.1 Å². The highest BCUT2D eigenvalue weighted by Gasteiger charge is 2.45. The van der Waals surface area contributed by atoms with E-state index in [2.05, 4.69) is 20.3 Å². The van der Waals surface area contributed by atoms with E-state index in [4.69, 9.17) is 5.73 Å². The number of nitrogens with zero attached hydrogens (tertiary/aromatic N) is 3. The number of benzene rings is 1. The molecule has 7 nitrogen and oxygen atoms in total. The van der Waals surface area contributed by atoms with E-state index >= 15 is 0 Å². The van der Waals surface area contributed by atoms with Crippen molar-refractivity contribution in [2.45, 2.75) is 25.4 Å². The summed E-state index contributed by atoms with van der Waals surface area (Å²) < 4.78 is 27.7. The number of hydrogen-bond acceptors (Lipinski definition) is 6. The zero-order valence-electron chi connectivity index (χ0n) is 16.6. The van der Waals surface area contributed by atoms with Gasteiger partial charge in [0.1, 0.15) is 17.7 Å². The summed E-state index contributed by atoms with van der Waals surface area (Å²) in [5.41, 5.74) is 6.40. The van der Waals surface area contributed by atoms with Gasteiger partial charge in [0.05, 0.1) is 11.3 Å². The lowest BCUT2D eigenvalue weighted by Gasteiger charge is -2.44. The predicted molar refractivity (Wildman–Crippen MR) is 111 cm³/mol. The number of carbonyl (C=O) groups excluding carboxylic acids is 1. The number of halogens is 2. The Balaban J connectivity index is 1.46. The summed E-state index contributed by atoms with van der Waals surface area (Å²) in [4.78, 5) is 24.0. The largest absolute Gasteiger partial charge is 0.507 e. The van der Waals surface area contributed by atoms with Crippen molar-refractivity contribution in [1.29, 1.82) is 0 Å². The molecule has 2 aromatic heterocycles. The summed E-state index contributed by atoms with van der Waals surface area (Å²) in [5.74, 6) is -0.980. The highest BCUT2D eigenvalue weighted by Crippen LogP contribution is 2.45. The van der Waals surface area contributed by atoms with Crippen molar-refractivity contribution in [3.63, 3.8) is 0 Å². The minimum absolute atomic E-state index is 0.00848. The van der Waals surface area contributed by atoms with Gasteiger partial charge in [-0.05, 0) is 48.1 Å². The number of alkyl halides is 1. The van der Waals surface area contributed by atoms with Gasteiger partial charge in [-0.25, -0.2) is 18.7 Å². The standard InChI is InChI=1S/C22H21F2N5O2/c23-15-7-22(8-15,9-18-17(24)2-1-5-26-18)12-29-21-27-10-14(11-28-21)13-3-4-19(30)16(6-13)20(25)31/h1-6,10-11,15,30H,7-9,12H2,(H2,25,31)(H,27,28,29). The SMILES string of the molecule is NC(=O)c1cc(-c2cnc(NCC3(Cc4ncccc4F)CC(F)C3)nc2)ccc1O. The summed E-state index contributed by atoms with van der Waals surface area (Å²) in [6, 6.07) is 7.35. The smallest absolute Gasteiger partial charge is 0.252 e. The summed E-state index contributed by atoms with van der Waals surface area (Å²) in [6.45, 7) is 0.383. The first-order chi connectivity index (χ1) is 14.8. The molecule has 0 radical (unpaired) electrons. The maximum Gasteiger partial charge on any atom is 0.252 e. The maximum absolute atomic E-state index is 14.0. The highest BCUT2D eigenvalue weighted by atomic mass is 19.1. The molecule has 31 heavy (non-hydrogen) atoms. The first-order valence-corrected chi connectivity index (χ1v) is 9.78. The molecule has 9 heteroatoms. The Bertz CT molecular complexity index is 1100. The van der Waals surface area contributed by atoms with Crippen molar-refractivity contribution in [3.05, 3.63) is 66.0 Å². The van der Waals surface area contributed by atoms with Crippen molar-refractivity contribution in [3.8, 4) is 16.9 Å². The zero-order valence-corrected chi connectivity index (χ0v) is 16.6. The molecule has 1 aliphatic rings. The number of nitrogens with two attached hydrogens (primary N) is 1. The van der Waals surface area contributed by atoms with Crippen LogP contribution >= 0.6 is 0 Å². The lowest BCUT2D eigenvalue weighted by Crippen LogP contribution is -2.46. The van der Waals surface area contributed by atoms with Crippen LogP contribution in [0.4, 0.5) is 14.7 Å². The van der Waals surface area contributed by atoms with Crippen LogP contribution in [-0.2, 0) is 6.42 Å². The van der Waals surface area contributed by atoms with E-state index in [9.17, 15) is 18.7 Å². The van der Waals surface area contributed by atoms with Crippen LogP contribution < -0.4 is 11.1 Å². The van der Waals surface area contributed by atoms with Gasteiger partial charge in [-0.3, -0.25) is 9.78 Å². The van der Waals surface area contributed by atoms with E-state index in [0.717, 1.165) is 0 Å². The van der Waals surface area contributed by atoms with E-state index in [-0.39, 0.29) is 11.3 Å². The number of amides is 1. The van der Waals surface area contributed by atoms with E-state index in [1.54, 1.807) is 18.5 Å². The molecule has 3 aromatic rings. The molecular weight excluding hydrogens is 404 g/mol. The quantitative estimate of drug-likeness (QED) is 0.535. The Hall–Kier alpha value is -3.62. The summed E-state index contributed by atoms with van der Waals surface area (Å²) in [5, 5.41) is 12.8. The number of aromatic hydroxyl groups is 1. The normalized spacial score (nSPS) is 20.1. The number of hydrogen-bond donors (Lipinski definition) is 3. The van der Waals surface area contributed by atoms with Gasteiger partial charge in [-0.2, -0.15) is 0 Å². The minimum atomic E-state index is -0.911. The molecule has 0 bridgehead atoms. The first kappa shape index (κ1) is 20.6. The van der Waals surface area contributed by atoms with Crippen LogP contribution in [0.5, 0.6) is 5.75 Å². The van der Waals surface area contributed by atoms with Gasteiger partial charge in [0.25, 0.3) is 5.91 Å². The number of anilines is 1. The average molecular weight is 425 g/mol. The molecule has 4 N–H and O–H groups in total. The van der Waals surface area contributed by atoms with Crippen molar-refractivity contribution in [2.24, 2.45) is 11.1 Å². The molecule has 1 amide bonds. The van der Waals surface area contributed by atoms with Crippen LogP contribution in [-0.4, -0.2) is 38.7 Å². The highest BCUT2D eigenvalue weighted by molar-refractivity contribution is 5.96. The Morgan fingerprint density at radius 2 is 1.94 bits per heavy atom. The molecule has 1 aromatic carbocycles. The number of aromatic nitrogens is 3.